The van der Waals surface area contributed by atoms with E-state index in [0.29, 0.717) is 0 Å². The Balaban J connectivity index is 0. The van der Waals surface area contributed by atoms with Crippen LogP contribution in [0.15, 0.2) is 0 Å². The third-order valence-corrected chi connectivity index (χ3v) is 0. The summed E-state index contributed by atoms with van der Waals surface area (Å²) in [7, 11) is 0. The van der Waals surface area contributed by atoms with Crippen LogP contribution < -0.4 is 0 Å². The summed E-state index contributed by atoms with van der Waals surface area (Å²) < 4.78 is 0. The molecule has 0 N–H and O–H groups in total. The smallest absolute Gasteiger partial charge is 0.130 e. The van der Waals surface area contributed by atoms with E-state index in [1.807, 2.05) is 0 Å². The molecule has 0 aliphatic rings. The van der Waals surface area contributed by atoms with Gasteiger partial charge in [0.2, 0.25) is 0 Å². The number of hydrogen-bond donors (Lipinski definition) is 0. The minimum absolute atomic E-state index is 0. The average Bonchev–Trinajstić information content (AvgIpc) is 0.811. The molecule has 5 heteroatoms. The standard InChI is InChI=1S/Cl3HSi.Pb/c1-4(2)3;/h4H;. The van der Waals surface area contributed by atoms with Crippen LogP contribution in [-0.2, 0) is 0 Å². The summed E-state index contributed by atoms with van der Waals surface area (Å²) in [5.41, 5.74) is 0. The summed E-state index contributed by atoms with van der Waals surface area (Å²) >= 11 is 14.8. The van der Waals surface area contributed by atoms with Crippen molar-refractivity contribution in [2.75, 3.05) is 0 Å². The van der Waals surface area contributed by atoms with Crippen LogP contribution in [0.1, 0.15) is 0 Å². The number of rotatable bonds is 0. The van der Waals surface area contributed by atoms with Crippen molar-refractivity contribution in [3.8, 4) is 0 Å². The molecule has 0 saturated heterocycles. The second-order valence-electron chi connectivity index (χ2n) is 0.247. The van der Waals surface area contributed by atoms with Crippen LogP contribution in [0.2, 0.25) is 0 Å². The largest absolute Gasteiger partial charge is 0.326 e. The molecule has 0 atom stereocenters. The van der Waals surface area contributed by atoms with E-state index in [0.717, 1.165) is 0 Å². The maximum atomic E-state index is 4.94. The van der Waals surface area contributed by atoms with Gasteiger partial charge in [0, 0.05) is 27.3 Å². The molecule has 0 aromatic rings. The molecule has 0 saturated carbocycles. The van der Waals surface area contributed by atoms with E-state index in [9.17, 15) is 0 Å². The van der Waals surface area contributed by atoms with Gasteiger partial charge < -0.3 is 0 Å². The second-order valence-corrected chi connectivity index (χ2v) is 6.68. The minimum Gasteiger partial charge on any atom is -0.130 e. The minimum atomic E-state index is -1.72. The normalized spacial score (nSPS) is 7.20. The monoisotopic (exact) mass is 342 g/mol. The van der Waals surface area contributed by atoms with Gasteiger partial charge in [-0.25, -0.2) is 0 Å². The van der Waals surface area contributed by atoms with Crippen molar-refractivity contribution >= 4 is 67.3 Å². The molecule has 0 unspecified atom stereocenters. The summed E-state index contributed by atoms with van der Waals surface area (Å²) in [6.45, 7) is -1.72. The first kappa shape index (κ1) is 10.1. The van der Waals surface area contributed by atoms with Crippen molar-refractivity contribution in [1.82, 2.24) is 0 Å². The Morgan fingerprint density at radius 3 is 1.00 bits per heavy atom. The first-order valence-corrected chi connectivity index (χ1v) is 5.89. The molecule has 0 heterocycles. The van der Waals surface area contributed by atoms with Crippen LogP contribution in [-0.4, -0.2) is 34.0 Å². The maximum Gasteiger partial charge on any atom is 0.326 e. The molecule has 4 radical (unpaired) electrons. The van der Waals surface area contributed by atoms with Gasteiger partial charge in [0.25, 0.3) is 0 Å². The van der Waals surface area contributed by atoms with Gasteiger partial charge in [-0.1, -0.05) is 0 Å². The molecule has 0 aliphatic heterocycles. The van der Waals surface area contributed by atoms with E-state index in [4.69, 9.17) is 33.2 Å². The zero-order valence-corrected chi connectivity index (χ0v) is 9.52. The van der Waals surface area contributed by atoms with Gasteiger partial charge >= 0.3 is 6.73 Å². The third-order valence-electron chi connectivity index (χ3n) is 0. The molecule has 0 aromatic heterocycles. The van der Waals surface area contributed by atoms with Crippen LogP contribution in [0.25, 0.3) is 0 Å². The molecule has 5 heavy (non-hydrogen) atoms. The predicted octanol–water partition coefficient (Wildman–Crippen LogP) is 1.04. The van der Waals surface area contributed by atoms with Crippen molar-refractivity contribution in [3.05, 3.63) is 0 Å². The zero-order chi connectivity index (χ0) is 3.58. The van der Waals surface area contributed by atoms with Crippen LogP contribution in [0.3, 0.4) is 0 Å². The van der Waals surface area contributed by atoms with Crippen molar-refractivity contribution in [3.63, 3.8) is 0 Å². The average molecular weight is 343 g/mol. The fourth-order valence-corrected chi connectivity index (χ4v) is 0. The quantitative estimate of drug-likeness (QED) is 0.456. The fraction of sp³-hybridized carbons (Fsp3) is 0. The molecule has 0 aromatic carbocycles. The Hall–Kier alpha value is 2.01. The topological polar surface area (TPSA) is 0 Å². The van der Waals surface area contributed by atoms with Gasteiger partial charge in [-0.2, -0.15) is 0 Å². The van der Waals surface area contributed by atoms with Gasteiger partial charge in [0.05, 0.1) is 0 Å². The first-order valence-electron chi connectivity index (χ1n) is 0.655. The second kappa shape index (κ2) is 6.01. The summed E-state index contributed by atoms with van der Waals surface area (Å²) in [6.07, 6.45) is 0. The summed E-state index contributed by atoms with van der Waals surface area (Å²) in [5.74, 6) is 0. The molecule has 0 aliphatic carbocycles. The number of hydrogen-bond acceptors (Lipinski definition) is 0. The van der Waals surface area contributed by atoms with Gasteiger partial charge in [-0.15, -0.1) is 33.2 Å². The van der Waals surface area contributed by atoms with Crippen molar-refractivity contribution in [1.29, 1.82) is 0 Å². The fourth-order valence-electron chi connectivity index (χ4n) is 0. The summed E-state index contributed by atoms with van der Waals surface area (Å²) in [5, 5.41) is 0. The van der Waals surface area contributed by atoms with Crippen LogP contribution in [0, 0.1) is 0 Å². The Kier molecular flexibility index (Phi) is 12.1. The Labute approximate surface area is 66.7 Å². The predicted molar refractivity (Wildman–Crippen MR) is 30.5 cm³/mol. The molecule has 0 spiro atoms. The van der Waals surface area contributed by atoms with E-state index < -0.39 is 6.73 Å². The van der Waals surface area contributed by atoms with Crippen molar-refractivity contribution in [2.45, 2.75) is 0 Å². The third kappa shape index (κ3) is 23.9. The van der Waals surface area contributed by atoms with E-state index in [-0.39, 0.29) is 27.3 Å². The summed E-state index contributed by atoms with van der Waals surface area (Å²) in [4.78, 5) is 0. The van der Waals surface area contributed by atoms with E-state index in [1.54, 1.807) is 0 Å². The molecule has 0 bridgehead atoms. The molecule has 0 fully saturated rings. The molecular formula is HCl3PbSi. The van der Waals surface area contributed by atoms with Gasteiger partial charge in [0.1, 0.15) is 0 Å². The molecular weight excluding hydrogens is 342 g/mol. The molecule has 0 rings (SSSR count). The Morgan fingerprint density at radius 2 is 1.00 bits per heavy atom. The van der Waals surface area contributed by atoms with E-state index in [1.165, 1.54) is 0 Å². The summed E-state index contributed by atoms with van der Waals surface area (Å²) in [6, 6.07) is 0. The number of halogens is 3. The molecule has 0 amide bonds. The first-order chi connectivity index (χ1) is 1.73. The van der Waals surface area contributed by atoms with Crippen LogP contribution >= 0.6 is 33.2 Å². The van der Waals surface area contributed by atoms with Crippen LogP contribution in [0.4, 0.5) is 0 Å². The van der Waals surface area contributed by atoms with Crippen LogP contribution in [0.5, 0.6) is 0 Å². The zero-order valence-electron chi connectivity index (χ0n) is 2.21. The maximum absolute atomic E-state index is 4.94. The van der Waals surface area contributed by atoms with Crippen molar-refractivity contribution < 1.29 is 0 Å². The molecule has 30 valence electrons. The Bertz CT molecular complexity index is 11.6. The van der Waals surface area contributed by atoms with E-state index in [2.05, 4.69) is 0 Å². The molecule has 0 nitrogen and oxygen atoms in total. The van der Waals surface area contributed by atoms with Gasteiger partial charge in [-0.05, 0) is 0 Å². The van der Waals surface area contributed by atoms with E-state index >= 15 is 0 Å². The van der Waals surface area contributed by atoms with Gasteiger partial charge in [0.15, 0.2) is 0 Å². The van der Waals surface area contributed by atoms with Crippen molar-refractivity contribution in [2.24, 2.45) is 0 Å². The van der Waals surface area contributed by atoms with Gasteiger partial charge in [-0.3, -0.25) is 0 Å². The Morgan fingerprint density at radius 1 is 1.00 bits per heavy atom. The SMILES string of the molecule is Cl[SiH](Cl)Cl.[Pb].